The van der Waals surface area contributed by atoms with Gasteiger partial charge in [0.15, 0.2) is 0 Å². The Balaban J connectivity index is 1.51. The first-order valence-electron chi connectivity index (χ1n) is 10.2. The number of benzene rings is 1. The van der Waals surface area contributed by atoms with E-state index in [0.29, 0.717) is 0 Å². The summed E-state index contributed by atoms with van der Waals surface area (Å²) in [4.78, 5) is 17.0. The van der Waals surface area contributed by atoms with Crippen LogP contribution in [-0.2, 0) is 9.53 Å². The van der Waals surface area contributed by atoms with E-state index in [1.165, 1.54) is 6.42 Å². The number of amides is 1. The summed E-state index contributed by atoms with van der Waals surface area (Å²) < 4.78 is 5.39. The molecule has 0 aromatic heterocycles. The topological polar surface area (TPSA) is 65.0 Å². The minimum atomic E-state index is -0.238. The van der Waals surface area contributed by atoms with Crippen molar-refractivity contribution in [2.24, 2.45) is 5.92 Å². The van der Waals surface area contributed by atoms with E-state index in [0.717, 1.165) is 63.5 Å². The Labute approximate surface area is 162 Å². The number of nitrogens with one attached hydrogen (secondary N) is 1. The van der Waals surface area contributed by atoms with E-state index in [1.807, 2.05) is 38.2 Å². The first-order chi connectivity index (χ1) is 13.0. The number of rotatable bonds is 6. The number of morpholine rings is 1. The first-order valence-corrected chi connectivity index (χ1v) is 10.2. The molecule has 3 unspecified atom stereocenters. The number of likely N-dealkylation sites (N-methyl/N-ethyl adjacent to an activating group) is 1. The van der Waals surface area contributed by atoms with Crippen molar-refractivity contribution in [3.63, 3.8) is 0 Å². The van der Waals surface area contributed by atoms with Crippen molar-refractivity contribution >= 4 is 17.3 Å². The first kappa shape index (κ1) is 20.1. The SMILES string of the molecule is CC(C(=O)Nc1ccc(N2CCOCC2)cc1)N(C)CC1CCCCC1O. The maximum absolute atomic E-state index is 12.6. The number of aliphatic hydroxyl groups excluding tert-OH is 1. The van der Waals surface area contributed by atoms with Crippen LogP contribution in [0.5, 0.6) is 0 Å². The number of ether oxygens (including phenoxy) is 1. The van der Waals surface area contributed by atoms with Crippen LogP contribution in [0.15, 0.2) is 24.3 Å². The third-order valence-corrected chi connectivity index (χ3v) is 5.94. The summed E-state index contributed by atoms with van der Waals surface area (Å²) in [6.07, 6.45) is 3.98. The summed E-state index contributed by atoms with van der Waals surface area (Å²) in [5.41, 5.74) is 1.97. The Morgan fingerprint density at radius 2 is 1.93 bits per heavy atom. The highest BCUT2D eigenvalue weighted by Gasteiger charge is 2.27. The fourth-order valence-electron chi connectivity index (χ4n) is 3.95. The van der Waals surface area contributed by atoms with Crippen LogP contribution in [0.25, 0.3) is 0 Å². The number of aliphatic hydroxyl groups is 1. The molecule has 3 rings (SSSR count). The van der Waals surface area contributed by atoms with Gasteiger partial charge in [0, 0.05) is 31.0 Å². The summed E-state index contributed by atoms with van der Waals surface area (Å²) in [7, 11) is 1.97. The molecule has 1 saturated heterocycles. The second-order valence-corrected chi connectivity index (χ2v) is 7.86. The van der Waals surface area contributed by atoms with Gasteiger partial charge in [-0.25, -0.2) is 0 Å². The van der Waals surface area contributed by atoms with Crippen molar-refractivity contribution in [1.82, 2.24) is 4.90 Å². The minimum absolute atomic E-state index is 0.0121. The van der Waals surface area contributed by atoms with Gasteiger partial charge >= 0.3 is 0 Å². The molecule has 2 fully saturated rings. The van der Waals surface area contributed by atoms with Crippen molar-refractivity contribution in [3.05, 3.63) is 24.3 Å². The molecule has 2 N–H and O–H groups in total. The van der Waals surface area contributed by atoms with E-state index in [-0.39, 0.29) is 24.0 Å². The van der Waals surface area contributed by atoms with Crippen molar-refractivity contribution in [1.29, 1.82) is 0 Å². The van der Waals surface area contributed by atoms with Gasteiger partial charge < -0.3 is 20.1 Å². The fraction of sp³-hybridized carbons (Fsp3) is 0.667. The van der Waals surface area contributed by atoms with Crippen LogP contribution in [0.2, 0.25) is 0 Å². The number of anilines is 2. The Morgan fingerprint density at radius 3 is 2.59 bits per heavy atom. The van der Waals surface area contributed by atoms with Crippen molar-refractivity contribution in [2.75, 3.05) is 50.1 Å². The lowest BCUT2D eigenvalue weighted by atomic mass is 9.86. The molecule has 6 heteroatoms. The smallest absolute Gasteiger partial charge is 0.241 e. The third-order valence-electron chi connectivity index (χ3n) is 5.94. The van der Waals surface area contributed by atoms with Gasteiger partial charge in [0.05, 0.1) is 25.4 Å². The molecular formula is C21H33N3O3. The lowest BCUT2D eigenvalue weighted by molar-refractivity contribution is -0.120. The summed E-state index contributed by atoms with van der Waals surface area (Å²) in [6.45, 7) is 6.01. The van der Waals surface area contributed by atoms with E-state index in [2.05, 4.69) is 15.1 Å². The number of nitrogens with zero attached hydrogens (tertiary/aromatic N) is 2. The molecule has 1 aromatic rings. The minimum Gasteiger partial charge on any atom is -0.393 e. The van der Waals surface area contributed by atoms with Gasteiger partial charge in [-0.15, -0.1) is 0 Å². The van der Waals surface area contributed by atoms with Crippen LogP contribution in [0.1, 0.15) is 32.6 Å². The van der Waals surface area contributed by atoms with E-state index >= 15 is 0 Å². The molecule has 150 valence electrons. The molecule has 6 nitrogen and oxygen atoms in total. The van der Waals surface area contributed by atoms with Crippen LogP contribution in [0.3, 0.4) is 0 Å². The normalized spacial score (nSPS) is 24.7. The highest BCUT2D eigenvalue weighted by molar-refractivity contribution is 5.94. The molecule has 3 atom stereocenters. The number of carbonyl (C=O) groups is 1. The maximum atomic E-state index is 12.6. The van der Waals surface area contributed by atoms with Gasteiger partial charge in [0.25, 0.3) is 0 Å². The van der Waals surface area contributed by atoms with Gasteiger partial charge in [0.2, 0.25) is 5.91 Å². The zero-order valence-corrected chi connectivity index (χ0v) is 16.6. The van der Waals surface area contributed by atoms with E-state index in [1.54, 1.807) is 0 Å². The Bertz CT molecular complexity index is 601. The van der Waals surface area contributed by atoms with Gasteiger partial charge in [-0.1, -0.05) is 12.8 Å². The quantitative estimate of drug-likeness (QED) is 0.799. The van der Waals surface area contributed by atoms with E-state index in [9.17, 15) is 9.90 Å². The summed E-state index contributed by atoms with van der Waals surface area (Å²) in [6, 6.07) is 7.78. The molecule has 27 heavy (non-hydrogen) atoms. The molecular weight excluding hydrogens is 342 g/mol. The monoisotopic (exact) mass is 375 g/mol. The Kier molecular flexibility index (Phi) is 7.10. The average Bonchev–Trinajstić information content (AvgIpc) is 2.70. The average molecular weight is 376 g/mol. The van der Waals surface area contributed by atoms with Gasteiger partial charge in [-0.3, -0.25) is 9.69 Å². The van der Waals surface area contributed by atoms with Crippen molar-refractivity contribution in [2.45, 2.75) is 44.8 Å². The lowest BCUT2D eigenvalue weighted by Gasteiger charge is -2.33. The predicted molar refractivity (Wildman–Crippen MR) is 108 cm³/mol. The van der Waals surface area contributed by atoms with Crippen LogP contribution < -0.4 is 10.2 Å². The standard InChI is InChI=1S/C21H33N3O3/c1-16(23(2)15-17-5-3-4-6-20(17)25)21(26)22-18-7-9-19(10-8-18)24-11-13-27-14-12-24/h7-10,16-17,20,25H,3-6,11-15H2,1-2H3,(H,22,26). The highest BCUT2D eigenvalue weighted by atomic mass is 16.5. The number of hydrogen-bond donors (Lipinski definition) is 2. The fourth-order valence-corrected chi connectivity index (χ4v) is 3.95. The van der Waals surface area contributed by atoms with Crippen molar-refractivity contribution < 1.29 is 14.6 Å². The lowest BCUT2D eigenvalue weighted by Crippen LogP contribution is -2.44. The Morgan fingerprint density at radius 1 is 1.26 bits per heavy atom. The highest BCUT2D eigenvalue weighted by Crippen LogP contribution is 2.25. The molecule has 0 radical (unpaired) electrons. The molecule has 1 aliphatic carbocycles. The second-order valence-electron chi connectivity index (χ2n) is 7.86. The van der Waals surface area contributed by atoms with Crippen molar-refractivity contribution in [3.8, 4) is 0 Å². The number of hydrogen-bond acceptors (Lipinski definition) is 5. The predicted octanol–water partition coefficient (Wildman–Crippen LogP) is 2.33. The summed E-state index contributed by atoms with van der Waals surface area (Å²) in [5.74, 6) is 0.258. The van der Waals surface area contributed by atoms with Crippen LogP contribution in [-0.4, -0.2) is 68.0 Å². The van der Waals surface area contributed by atoms with Crippen LogP contribution in [0, 0.1) is 5.92 Å². The van der Waals surface area contributed by atoms with Gasteiger partial charge in [-0.05, 0) is 57.0 Å². The Hall–Kier alpha value is -1.63. The summed E-state index contributed by atoms with van der Waals surface area (Å²) >= 11 is 0. The molecule has 2 aliphatic rings. The zero-order valence-electron chi connectivity index (χ0n) is 16.6. The molecule has 0 bridgehead atoms. The maximum Gasteiger partial charge on any atom is 0.241 e. The molecule has 1 heterocycles. The number of carbonyl (C=O) groups excluding carboxylic acids is 1. The van der Waals surface area contributed by atoms with Gasteiger partial charge in [0.1, 0.15) is 0 Å². The van der Waals surface area contributed by atoms with Crippen LogP contribution >= 0.6 is 0 Å². The molecule has 0 spiro atoms. The third kappa shape index (κ3) is 5.43. The summed E-state index contributed by atoms with van der Waals surface area (Å²) in [5, 5.41) is 13.2. The largest absolute Gasteiger partial charge is 0.393 e. The van der Waals surface area contributed by atoms with E-state index in [4.69, 9.17) is 4.74 Å². The molecule has 1 saturated carbocycles. The second kappa shape index (κ2) is 9.53. The zero-order chi connectivity index (χ0) is 19.2. The molecule has 1 aliphatic heterocycles. The van der Waals surface area contributed by atoms with E-state index < -0.39 is 0 Å². The van der Waals surface area contributed by atoms with Gasteiger partial charge in [-0.2, -0.15) is 0 Å². The molecule has 1 aromatic carbocycles. The van der Waals surface area contributed by atoms with Crippen LogP contribution in [0.4, 0.5) is 11.4 Å². The molecule has 1 amide bonds.